The summed E-state index contributed by atoms with van der Waals surface area (Å²) < 4.78 is 0. The van der Waals surface area contributed by atoms with Crippen LogP contribution in [0, 0.1) is 11.3 Å². The first kappa shape index (κ1) is 14.6. The molecule has 20 heavy (non-hydrogen) atoms. The molecule has 3 aliphatic heterocycles. The van der Waals surface area contributed by atoms with Gasteiger partial charge in [0.25, 0.3) is 0 Å². The van der Waals surface area contributed by atoms with E-state index in [-0.39, 0.29) is 0 Å². The van der Waals surface area contributed by atoms with Crippen molar-refractivity contribution in [1.82, 2.24) is 10.2 Å². The monoisotopic (exact) mass is 276 g/mol. The predicted molar refractivity (Wildman–Crippen MR) is 85.9 cm³/mol. The van der Waals surface area contributed by atoms with Crippen LogP contribution in [-0.2, 0) is 0 Å². The van der Waals surface area contributed by atoms with Crippen molar-refractivity contribution < 1.29 is 0 Å². The first-order valence-electron chi connectivity index (χ1n) is 8.68. The quantitative estimate of drug-likeness (QED) is 0.793. The maximum absolute atomic E-state index is 3.76. The van der Waals surface area contributed by atoms with Crippen LogP contribution in [-0.4, -0.2) is 36.6 Å². The molecule has 2 bridgehead atoms. The molecular formula is C18H32N2. The van der Waals surface area contributed by atoms with Gasteiger partial charge in [0.2, 0.25) is 0 Å². The van der Waals surface area contributed by atoms with Crippen molar-refractivity contribution in [2.24, 2.45) is 11.3 Å². The highest BCUT2D eigenvalue weighted by Crippen LogP contribution is 2.33. The number of rotatable bonds is 3. The van der Waals surface area contributed by atoms with Gasteiger partial charge in [-0.25, -0.2) is 0 Å². The molecule has 0 amide bonds. The highest BCUT2D eigenvalue weighted by molar-refractivity contribution is 5.14. The molecule has 2 nitrogen and oxygen atoms in total. The molecule has 3 rings (SSSR count). The third-order valence-electron chi connectivity index (χ3n) is 5.68. The first-order valence-corrected chi connectivity index (χ1v) is 8.68. The van der Waals surface area contributed by atoms with Crippen molar-refractivity contribution in [3.05, 3.63) is 11.6 Å². The number of fused-ring (bicyclic) bond motifs is 2. The molecule has 1 N–H and O–H groups in total. The Morgan fingerprint density at radius 1 is 1.20 bits per heavy atom. The molecule has 2 heteroatoms. The minimum absolute atomic E-state index is 0.375. The Bertz CT molecular complexity index is 354. The molecule has 3 aliphatic rings. The average molecular weight is 276 g/mol. The van der Waals surface area contributed by atoms with Crippen LogP contribution >= 0.6 is 0 Å². The highest BCUT2D eigenvalue weighted by Gasteiger charge is 2.33. The van der Waals surface area contributed by atoms with Gasteiger partial charge in [0.15, 0.2) is 0 Å². The molecule has 2 atom stereocenters. The molecule has 0 saturated carbocycles. The smallest absolute Gasteiger partial charge is 0.0166 e. The molecule has 0 aromatic rings. The van der Waals surface area contributed by atoms with E-state index in [2.05, 4.69) is 37.1 Å². The fourth-order valence-electron chi connectivity index (χ4n) is 4.37. The van der Waals surface area contributed by atoms with E-state index in [4.69, 9.17) is 0 Å². The summed E-state index contributed by atoms with van der Waals surface area (Å²) >= 11 is 0. The van der Waals surface area contributed by atoms with Gasteiger partial charge in [0.1, 0.15) is 0 Å². The fraction of sp³-hybridized carbons (Fsp3) is 0.889. The Morgan fingerprint density at radius 2 is 1.90 bits per heavy atom. The van der Waals surface area contributed by atoms with Crippen molar-refractivity contribution in [2.45, 2.75) is 71.4 Å². The van der Waals surface area contributed by atoms with E-state index in [1.807, 2.05) is 0 Å². The van der Waals surface area contributed by atoms with Crippen LogP contribution in [0.3, 0.4) is 0 Å². The molecule has 2 unspecified atom stereocenters. The van der Waals surface area contributed by atoms with Crippen LogP contribution in [0.25, 0.3) is 0 Å². The maximum atomic E-state index is 3.76. The second-order valence-corrected chi connectivity index (χ2v) is 8.29. The van der Waals surface area contributed by atoms with Crippen LogP contribution in [0.15, 0.2) is 11.6 Å². The summed E-state index contributed by atoms with van der Waals surface area (Å²) in [5.74, 6) is 0.988. The van der Waals surface area contributed by atoms with E-state index in [0.29, 0.717) is 5.41 Å². The van der Waals surface area contributed by atoms with Gasteiger partial charge in [0.05, 0.1) is 0 Å². The van der Waals surface area contributed by atoms with Gasteiger partial charge in [-0.05, 0) is 56.4 Å². The Labute approximate surface area is 125 Å². The molecule has 3 heterocycles. The summed E-state index contributed by atoms with van der Waals surface area (Å²) in [6.07, 6.45) is 10.9. The second kappa shape index (κ2) is 5.81. The Balaban J connectivity index is 1.43. The Morgan fingerprint density at radius 3 is 2.45 bits per heavy atom. The first-order chi connectivity index (χ1) is 9.50. The van der Waals surface area contributed by atoms with Crippen molar-refractivity contribution in [3.8, 4) is 0 Å². The van der Waals surface area contributed by atoms with E-state index in [9.17, 15) is 0 Å². The van der Waals surface area contributed by atoms with E-state index in [1.165, 1.54) is 58.2 Å². The molecule has 2 fully saturated rings. The molecule has 0 aromatic carbocycles. The Hall–Kier alpha value is -0.340. The molecule has 0 aliphatic carbocycles. The fourth-order valence-corrected chi connectivity index (χ4v) is 4.37. The van der Waals surface area contributed by atoms with Gasteiger partial charge in [0, 0.05) is 25.2 Å². The summed E-state index contributed by atoms with van der Waals surface area (Å²) in [4.78, 5) is 2.67. The summed E-state index contributed by atoms with van der Waals surface area (Å²) in [7, 11) is 0. The minimum Gasteiger partial charge on any atom is -0.311 e. The Kier molecular flexibility index (Phi) is 4.24. The number of piperidine rings is 1. The maximum Gasteiger partial charge on any atom is 0.0166 e. The van der Waals surface area contributed by atoms with Gasteiger partial charge in [-0.3, -0.25) is 4.90 Å². The standard InChI is InChI=1S/C18H32N2/c1-18(2,3)15-7-10-20(11-8-15)9-6-14-12-16-4-5-17(13-14)19-16/h7,14,16-17,19H,4-6,8-13H2,1-3H3. The predicted octanol–water partition coefficient (Wildman–Crippen LogP) is 3.59. The number of nitrogens with zero attached hydrogens (tertiary/aromatic N) is 1. The normalized spacial score (nSPS) is 35.1. The molecule has 0 aromatic heterocycles. The molecular weight excluding hydrogens is 244 g/mol. The largest absolute Gasteiger partial charge is 0.311 e. The zero-order chi connectivity index (χ0) is 14.2. The van der Waals surface area contributed by atoms with Crippen molar-refractivity contribution in [2.75, 3.05) is 19.6 Å². The topological polar surface area (TPSA) is 15.3 Å². The highest BCUT2D eigenvalue weighted by atomic mass is 15.1. The van der Waals surface area contributed by atoms with Crippen LogP contribution in [0.4, 0.5) is 0 Å². The van der Waals surface area contributed by atoms with E-state index in [1.54, 1.807) is 5.57 Å². The minimum atomic E-state index is 0.375. The van der Waals surface area contributed by atoms with Gasteiger partial charge in [-0.1, -0.05) is 32.4 Å². The van der Waals surface area contributed by atoms with Crippen LogP contribution < -0.4 is 5.32 Å². The van der Waals surface area contributed by atoms with E-state index >= 15 is 0 Å². The zero-order valence-corrected chi connectivity index (χ0v) is 13.6. The lowest BCUT2D eigenvalue weighted by Crippen LogP contribution is -2.39. The third kappa shape index (κ3) is 3.46. The van der Waals surface area contributed by atoms with Crippen LogP contribution in [0.2, 0.25) is 0 Å². The molecule has 0 radical (unpaired) electrons. The van der Waals surface area contributed by atoms with E-state index in [0.717, 1.165) is 18.0 Å². The van der Waals surface area contributed by atoms with Crippen molar-refractivity contribution in [3.63, 3.8) is 0 Å². The average Bonchev–Trinajstić information content (AvgIpc) is 2.75. The third-order valence-corrected chi connectivity index (χ3v) is 5.68. The van der Waals surface area contributed by atoms with Gasteiger partial charge in [-0.2, -0.15) is 0 Å². The van der Waals surface area contributed by atoms with Crippen LogP contribution in [0.5, 0.6) is 0 Å². The van der Waals surface area contributed by atoms with Crippen molar-refractivity contribution >= 4 is 0 Å². The van der Waals surface area contributed by atoms with Crippen molar-refractivity contribution in [1.29, 1.82) is 0 Å². The van der Waals surface area contributed by atoms with E-state index < -0.39 is 0 Å². The van der Waals surface area contributed by atoms with Crippen LogP contribution in [0.1, 0.15) is 59.3 Å². The molecule has 0 spiro atoms. The molecule has 114 valence electrons. The summed E-state index contributed by atoms with van der Waals surface area (Å²) in [5.41, 5.74) is 2.04. The van der Waals surface area contributed by atoms with Gasteiger partial charge >= 0.3 is 0 Å². The lowest BCUT2D eigenvalue weighted by molar-refractivity contribution is 0.222. The lowest BCUT2D eigenvalue weighted by Gasteiger charge is -2.34. The summed E-state index contributed by atoms with van der Waals surface area (Å²) in [5, 5.41) is 3.76. The lowest BCUT2D eigenvalue weighted by atomic mass is 9.83. The second-order valence-electron chi connectivity index (χ2n) is 8.29. The summed E-state index contributed by atoms with van der Waals surface area (Å²) in [6.45, 7) is 10.8. The number of hydrogen-bond acceptors (Lipinski definition) is 2. The molecule has 2 saturated heterocycles. The zero-order valence-electron chi connectivity index (χ0n) is 13.6. The SMILES string of the molecule is CC(C)(C)C1=CCN(CCC2CC3CCC(C2)N3)CC1. The summed E-state index contributed by atoms with van der Waals surface area (Å²) in [6, 6.07) is 1.71. The van der Waals surface area contributed by atoms with Gasteiger partial charge in [-0.15, -0.1) is 0 Å². The number of hydrogen-bond donors (Lipinski definition) is 1. The van der Waals surface area contributed by atoms with Gasteiger partial charge < -0.3 is 5.32 Å². The number of nitrogens with one attached hydrogen (secondary N) is 1.